The van der Waals surface area contributed by atoms with E-state index in [0.29, 0.717) is 5.41 Å². The van der Waals surface area contributed by atoms with Crippen molar-refractivity contribution < 1.29 is 0 Å². The Kier molecular flexibility index (Phi) is 2.02. The number of hydrogen-bond donors (Lipinski definition) is 0. The van der Waals surface area contributed by atoms with Crippen LogP contribution in [0.5, 0.6) is 0 Å². The smallest absolute Gasteiger partial charge is 0.0266 e. The van der Waals surface area contributed by atoms with Gasteiger partial charge in [-0.1, -0.05) is 40.5 Å². The Morgan fingerprint density at radius 2 is 1.92 bits per heavy atom. The van der Waals surface area contributed by atoms with Gasteiger partial charge in [-0.3, -0.25) is 0 Å². The molecule has 2 saturated carbocycles. The van der Waals surface area contributed by atoms with Crippen LogP contribution in [-0.2, 0) is 0 Å². The molecule has 0 aromatic heterocycles. The third-order valence-electron chi connectivity index (χ3n) is 5.29. The Morgan fingerprint density at radius 1 is 1.23 bits per heavy atom. The molecule has 0 saturated heterocycles. The lowest BCUT2D eigenvalue weighted by atomic mass is 9.75. The van der Waals surface area contributed by atoms with Gasteiger partial charge in [0, 0.05) is 0 Å². The summed E-state index contributed by atoms with van der Waals surface area (Å²) in [6, 6.07) is 0. The van der Waals surface area contributed by atoms with Crippen LogP contribution < -0.4 is 0 Å². The lowest BCUT2D eigenvalue weighted by Crippen LogP contribution is -2.22. The summed E-state index contributed by atoms with van der Waals surface area (Å²) in [7, 11) is 0. The molecule has 2 aliphatic rings. The maximum atomic E-state index is 2.49. The van der Waals surface area contributed by atoms with Gasteiger partial charge < -0.3 is 0 Å². The predicted molar refractivity (Wildman–Crippen MR) is 57.6 cm³/mol. The van der Waals surface area contributed by atoms with Crippen LogP contribution in [0.1, 0.15) is 59.8 Å². The maximum Gasteiger partial charge on any atom is -0.0266 e. The van der Waals surface area contributed by atoms with Gasteiger partial charge >= 0.3 is 0 Å². The monoisotopic (exact) mass is 180 g/mol. The van der Waals surface area contributed by atoms with E-state index in [4.69, 9.17) is 0 Å². The SMILES string of the molecule is CCC12CCCC(C)(C)C(C)C1C2. The third kappa shape index (κ3) is 1.33. The highest BCUT2D eigenvalue weighted by molar-refractivity contribution is 5.07. The van der Waals surface area contributed by atoms with Crippen LogP contribution in [0.25, 0.3) is 0 Å². The molecule has 0 N–H and O–H groups in total. The molecule has 0 amide bonds. The number of hydrogen-bond acceptors (Lipinski definition) is 0. The Hall–Kier alpha value is 0. The lowest BCUT2D eigenvalue weighted by Gasteiger charge is -2.31. The van der Waals surface area contributed by atoms with Gasteiger partial charge in [-0.25, -0.2) is 0 Å². The standard InChI is InChI=1S/C13H24/c1-5-13-8-6-7-12(3,4)10(2)11(13)9-13/h10-11H,5-9H2,1-4H3. The second kappa shape index (κ2) is 2.74. The van der Waals surface area contributed by atoms with Crippen LogP contribution in [0.3, 0.4) is 0 Å². The Morgan fingerprint density at radius 3 is 2.54 bits per heavy atom. The molecule has 0 radical (unpaired) electrons. The molecule has 0 heteroatoms. The first-order chi connectivity index (χ1) is 6.02. The van der Waals surface area contributed by atoms with E-state index in [0.717, 1.165) is 17.3 Å². The molecule has 2 rings (SSSR count). The van der Waals surface area contributed by atoms with Crippen molar-refractivity contribution >= 4 is 0 Å². The molecule has 0 nitrogen and oxygen atoms in total. The van der Waals surface area contributed by atoms with Crippen LogP contribution in [0.4, 0.5) is 0 Å². The molecule has 0 heterocycles. The van der Waals surface area contributed by atoms with Crippen molar-refractivity contribution in [3.63, 3.8) is 0 Å². The summed E-state index contributed by atoms with van der Waals surface area (Å²) < 4.78 is 0. The molecule has 0 aromatic carbocycles. The summed E-state index contributed by atoms with van der Waals surface area (Å²) in [5.74, 6) is 2.02. The molecule has 3 unspecified atom stereocenters. The molecular formula is C13H24. The summed E-state index contributed by atoms with van der Waals surface area (Å²) in [6.07, 6.45) is 7.40. The van der Waals surface area contributed by atoms with Gasteiger partial charge in [-0.05, 0) is 41.9 Å². The molecule has 2 aliphatic carbocycles. The first-order valence-corrected chi connectivity index (χ1v) is 6.02. The van der Waals surface area contributed by atoms with Crippen molar-refractivity contribution in [3.8, 4) is 0 Å². The molecule has 0 aliphatic heterocycles. The highest BCUT2D eigenvalue weighted by atomic mass is 14.6. The fourth-order valence-corrected chi connectivity index (χ4v) is 3.63. The largest absolute Gasteiger partial charge is 0.0648 e. The van der Waals surface area contributed by atoms with E-state index in [9.17, 15) is 0 Å². The Balaban J connectivity index is 2.16. The first kappa shape index (κ1) is 9.55. The van der Waals surface area contributed by atoms with Crippen molar-refractivity contribution in [2.45, 2.75) is 59.8 Å². The molecule has 13 heavy (non-hydrogen) atoms. The van der Waals surface area contributed by atoms with Crippen molar-refractivity contribution in [1.82, 2.24) is 0 Å². The number of fused-ring (bicyclic) bond motifs is 1. The van der Waals surface area contributed by atoms with E-state index >= 15 is 0 Å². The van der Waals surface area contributed by atoms with Gasteiger partial charge in [-0.2, -0.15) is 0 Å². The highest BCUT2D eigenvalue weighted by Gasteiger charge is 2.58. The Labute approximate surface area is 83.1 Å². The van der Waals surface area contributed by atoms with Crippen molar-refractivity contribution in [2.75, 3.05) is 0 Å². The van der Waals surface area contributed by atoms with Crippen LogP contribution in [0.15, 0.2) is 0 Å². The second-order valence-corrected chi connectivity index (χ2v) is 6.16. The third-order valence-corrected chi connectivity index (χ3v) is 5.29. The molecular weight excluding hydrogens is 156 g/mol. The lowest BCUT2D eigenvalue weighted by molar-refractivity contribution is 0.188. The van der Waals surface area contributed by atoms with Gasteiger partial charge in [0.2, 0.25) is 0 Å². The maximum absolute atomic E-state index is 2.49. The molecule has 3 atom stereocenters. The topological polar surface area (TPSA) is 0 Å². The molecule has 0 aromatic rings. The fraction of sp³-hybridized carbons (Fsp3) is 1.00. The predicted octanol–water partition coefficient (Wildman–Crippen LogP) is 4.25. The summed E-state index contributed by atoms with van der Waals surface area (Å²) in [5.41, 5.74) is 1.41. The first-order valence-electron chi connectivity index (χ1n) is 6.02. The van der Waals surface area contributed by atoms with Crippen LogP contribution in [0, 0.1) is 22.7 Å². The number of rotatable bonds is 1. The van der Waals surface area contributed by atoms with E-state index in [1.54, 1.807) is 0 Å². The summed E-state index contributed by atoms with van der Waals surface area (Å²) in [5, 5.41) is 0. The van der Waals surface area contributed by atoms with Crippen molar-refractivity contribution in [2.24, 2.45) is 22.7 Å². The van der Waals surface area contributed by atoms with Crippen LogP contribution in [0.2, 0.25) is 0 Å². The van der Waals surface area contributed by atoms with E-state index in [-0.39, 0.29) is 0 Å². The van der Waals surface area contributed by atoms with Gasteiger partial charge in [0.05, 0.1) is 0 Å². The van der Waals surface area contributed by atoms with Crippen LogP contribution in [-0.4, -0.2) is 0 Å². The highest BCUT2D eigenvalue weighted by Crippen LogP contribution is 2.67. The van der Waals surface area contributed by atoms with E-state index in [1.165, 1.54) is 32.1 Å². The fourth-order valence-electron chi connectivity index (χ4n) is 3.63. The zero-order chi connectivity index (χ0) is 9.69. The van der Waals surface area contributed by atoms with E-state index in [2.05, 4.69) is 27.7 Å². The zero-order valence-electron chi connectivity index (χ0n) is 9.69. The summed E-state index contributed by atoms with van der Waals surface area (Å²) in [4.78, 5) is 0. The van der Waals surface area contributed by atoms with E-state index < -0.39 is 0 Å². The minimum atomic E-state index is 0.609. The van der Waals surface area contributed by atoms with Gasteiger partial charge in [0.15, 0.2) is 0 Å². The van der Waals surface area contributed by atoms with Crippen LogP contribution >= 0.6 is 0 Å². The average Bonchev–Trinajstić information content (AvgIpc) is 2.78. The molecule has 0 spiro atoms. The summed E-state index contributed by atoms with van der Waals surface area (Å²) in [6.45, 7) is 9.84. The molecule has 0 bridgehead atoms. The van der Waals surface area contributed by atoms with Gasteiger partial charge in [-0.15, -0.1) is 0 Å². The second-order valence-electron chi connectivity index (χ2n) is 6.16. The minimum Gasteiger partial charge on any atom is -0.0648 e. The normalized spacial score (nSPS) is 48.0. The Bertz CT molecular complexity index is 204. The van der Waals surface area contributed by atoms with Gasteiger partial charge in [0.1, 0.15) is 0 Å². The zero-order valence-corrected chi connectivity index (χ0v) is 9.69. The molecule has 2 fully saturated rings. The summed E-state index contributed by atoms with van der Waals surface area (Å²) >= 11 is 0. The molecule has 76 valence electrons. The minimum absolute atomic E-state index is 0.609. The van der Waals surface area contributed by atoms with E-state index in [1.807, 2.05) is 0 Å². The quantitative estimate of drug-likeness (QED) is 0.566. The van der Waals surface area contributed by atoms with Crippen molar-refractivity contribution in [3.05, 3.63) is 0 Å². The van der Waals surface area contributed by atoms with Crippen molar-refractivity contribution in [1.29, 1.82) is 0 Å². The average molecular weight is 180 g/mol. The van der Waals surface area contributed by atoms with Gasteiger partial charge in [0.25, 0.3) is 0 Å².